The number of amides is 2. The Morgan fingerprint density at radius 2 is 1.78 bits per heavy atom. The molecule has 7 heteroatoms. The maximum atomic E-state index is 12.1. The number of para-hydroxylation sites is 1. The zero-order valence-electron chi connectivity index (χ0n) is 12.0. The molecule has 3 rings (SSSR count). The summed E-state index contributed by atoms with van der Waals surface area (Å²) in [5, 5.41) is 8.03. The topological polar surface area (TPSA) is 86.9 Å². The number of hydrazine groups is 1. The van der Waals surface area contributed by atoms with Crippen LogP contribution in [0.4, 0.5) is 0 Å². The highest BCUT2D eigenvalue weighted by Gasteiger charge is 2.14. The molecule has 3 N–H and O–H groups in total. The monoisotopic (exact) mass is 328 g/mol. The van der Waals surface area contributed by atoms with Gasteiger partial charge in [0, 0.05) is 10.4 Å². The fraction of sp³-hybridized carbons (Fsp3) is 0.0625. The number of aromatic amines is 1. The van der Waals surface area contributed by atoms with Crippen molar-refractivity contribution in [3.63, 3.8) is 0 Å². The molecule has 6 nitrogen and oxygen atoms in total. The fourth-order valence-electron chi connectivity index (χ4n) is 2.15. The Hall–Kier alpha value is -2.86. The van der Waals surface area contributed by atoms with Crippen LogP contribution in [0.15, 0.2) is 48.5 Å². The lowest BCUT2D eigenvalue weighted by molar-refractivity contribution is -0.121. The van der Waals surface area contributed by atoms with Crippen molar-refractivity contribution in [1.82, 2.24) is 21.0 Å². The van der Waals surface area contributed by atoms with Gasteiger partial charge in [0.2, 0.25) is 5.91 Å². The van der Waals surface area contributed by atoms with Gasteiger partial charge in [-0.3, -0.25) is 25.5 Å². The van der Waals surface area contributed by atoms with Crippen molar-refractivity contribution in [1.29, 1.82) is 0 Å². The summed E-state index contributed by atoms with van der Waals surface area (Å²) in [6.45, 7) is 0. The fourth-order valence-corrected chi connectivity index (χ4v) is 2.28. The minimum absolute atomic E-state index is 0.138. The van der Waals surface area contributed by atoms with Crippen LogP contribution in [0.5, 0.6) is 0 Å². The lowest BCUT2D eigenvalue weighted by atomic mass is 10.1. The Bertz CT molecular complexity index is 858. The standard InChI is InChI=1S/C16H13ClN4O2/c17-11-7-5-10(6-8-11)9-14(22)19-21-16(23)15-12-3-1-2-4-13(12)18-20-15/h1-8H,9H2,(H,18,20)(H,19,22)(H,21,23). The average molecular weight is 329 g/mol. The Morgan fingerprint density at radius 3 is 2.57 bits per heavy atom. The third-order valence-electron chi connectivity index (χ3n) is 3.28. The van der Waals surface area contributed by atoms with Gasteiger partial charge in [-0.25, -0.2) is 0 Å². The molecule has 2 aromatic carbocycles. The van der Waals surface area contributed by atoms with Crippen LogP contribution in [0, 0.1) is 0 Å². The molecule has 23 heavy (non-hydrogen) atoms. The molecule has 116 valence electrons. The predicted octanol–water partition coefficient (Wildman–Crippen LogP) is 2.22. The third-order valence-corrected chi connectivity index (χ3v) is 3.53. The predicted molar refractivity (Wildman–Crippen MR) is 86.9 cm³/mol. The molecule has 0 saturated heterocycles. The second kappa shape index (κ2) is 6.50. The van der Waals surface area contributed by atoms with Gasteiger partial charge in [-0.15, -0.1) is 0 Å². The molecule has 0 bridgehead atoms. The van der Waals surface area contributed by atoms with Crippen LogP contribution >= 0.6 is 11.6 Å². The Balaban J connectivity index is 1.60. The Labute approximate surface area is 136 Å². The van der Waals surface area contributed by atoms with E-state index in [2.05, 4.69) is 21.0 Å². The number of carbonyl (C=O) groups excluding carboxylic acids is 2. The van der Waals surface area contributed by atoms with Crippen molar-refractivity contribution in [3.8, 4) is 0 Å². The minimum atomic E-state index is -0.480. The molecule has 0 unspecified atom stereocenters. The molecular formula is C16H13ClN4O2. The number of halogens is 1. The van der Waals surface area contributed by atoms with E-state index >= 15 is 0 Å². The summed E-state index contributed by atoms with van der Waals surface area (Å²) in [5.41, 5.74) is 6.52. The number of aromatic nitrogens is 2. The first-order valence-electron chi connectivity index (χ1n) is 6.90. The van der Waals surface area contributed by atoms with Gasteiger partial charge in [0.15, 0.2) is 5.69 Å². The average Bonchev–Trinajstić information content (AvgIpc) is 2.99. The number of hydrogen-bond acceptors (Lipinski definition) is 3. The number of benzene rings is 2. The van der Waals surface area contributed by atoms with Gasteiger partial charge in [-0.05, 0) is 23.8 Å². The second-order valence-electron chi connectivity index (χ2n) is 4.92. The molecule has 0 aliphatic heterocycles. The lowest BCUT2D eigenvalue weighted by Gasteiger charge is -2.06. The zero-order valence-corrected chi connectivity index (χ0v) is 12.7. The molecule has 2 amide bonds. The van der Waals surface area contributed by atoms with Crippen LogP contribution in [0.3, 0.4) is 0 Å². The van der Waals surface area contributed by atoms with Crippen LogP contribution in [-0.2, 0) is 11.2 Å². The lowest BCUT2D eigenvalue weighted by Crippen LogP contribution is -2.42. The largest absolute Gasteiger partial charge is 0.290 e. The highest BCUT2D eigenvalue weighted by atomic mass is 35.5. The van der Waals surface area contributed by atoms with E-state index in [1.165, 1.54) is 0 Å². The van der Waals surface area contributed by atoms with Crippen LogP contribution in [0.1, 0.15) is 16.1 Å². The van der Waals surface area contributed by atoms with Gasteiger partial charge >= 0.3 is 0 Å². The molecule has 0 aliphatic carbocycles. The zero-order chi connectivity index (χ0) is 16.2. The van der Waals surface area contributed by atoms with Crippen LogP contribution < -0.4 is 10.9 Å². The summed E-state index contributed by atoms with van der Waals surface area (Å²) in [6, 6.07) is 14.2. The van der Waals surface area contributed by atoms with E-state index in [1.807, 2.05) is 18.2 Å². The molecule has 0 radical (unpaired) electrons. The second-order valence-corrected chi connectivity index (χ2v) is 5.36. The van der Waals surface area contributed by atoms with E-state index in [-0.39, 0.29) is 18.0 Å². The highest BCUT2D eigenvalue weighted by molar-refractivity contribution is 6.30. The van der Waals surface area contributed by atoms with Gasteiger partial charge in [-0.2, -0.15) is 5.10 Å². The molecule has 0 aliphatic rings. The van der Waals surface area contributed by atoms with Gasteiger partial charge in [0.25, 0.3) is 5.91 Å². The number of H-pyrrole nitrogens is 1. The molecule has 1 heterocycles. The Morgan fingerprint density at radius 1 is 1.04 bits per heavy atom. The van der Waals surface area contributed by atoms with E-state index in [4.69, 9.17) is 11.6 Å². The molecule has 0 atom stereocenters. The third kappa shape index (κ3) is 3.49. The summed E-state index contributed by atoms with van der Waals surface area (Å²) in [7, 11) is 0. The summed E-state index contributed by atoms with van der Waals surface area (Å²) >= 11 is 5.79. The first kappa shape index (κ1) is 15.1. The summed E-state index contributed by atoms with van der Waals surface area (Å²) in [6.07, 6.45) is 0.138. The normalized spacial score (nSPS) is 10.5. The van der Waals surface area contributed by atoms with Gasteiger partial charge in [0.1, 0.15) is 0 Å². The quantitative estimate of drug-likeness (QED) is 0.644. The number of nitrogens with zero attached hydrogens (tertiary/aromatic N) is 1. The van der Waals surface area contributed by atoms with Gasteiger partial charge in [-0.1, -0.05) is 41.9 Å². The molecule has 0 spiro atoms. The minimum Gasteiger partial charge on any atom is -0.277 e. The van der Waals surface area contributed by atoms with Crippen molar-refractivity contribution in [2.75, 3.05) is 0 Å². The smallest absolute Gasteiger partial charge is 0.277 e. The molecular weight excluding hydrogens is 316 g/mol. The van der Waals surface area contributed by atoms with E-state index in [0.717, 1.165) is 11.1 Å². The summed E-state index contributed by atoms with van der Waals surface area (Å²) in [5.74, 6) is -0.813. The van der Waals surface area contributed by atoms with Crippen LogP contribution in [0.2, 0.25) is 5.02 Å². The molecule has 0 saturated carbocycles. The van der Waals surface area contributed by atoms with E-state index in [9.17, 15) is 9.59 Å². The van der Waals surface area contributed by atoms with Crippen molar-refractivity contribution in [2.45, 2.75) is 6.42 Å². The summed E-state index contributed by atoms with van der Waals surface area (Å²) < 4.78 is 0. The van der Waals surface area contributed by atoms with Gasteiger partial charge in [0.05, 0.1) is 11.9 Å². The highest BCUT2D eigenvalue weighted by Crippen LogP contribution is 2.14. The molecule has 0 fully saturated rings. The number of hydrogen-bond donors (Lipinski definition) is 3. The van der Waals surface area contributed by atoms with Crippen molar-refractivity contribution >= 4 is 34.3 Å². The number of fused-ring (bicyclic) bond motifs is 1. The Kier molecular flexibility index (Phi) is 4.25. The maximum Gasteiger partial charge on any atom is 0.290 e. The SMILES string of the molecule is O=C(Cc1ccc(Cl)cc1)NNC(=O)c1n[nH]c2ccccc12. The van der Waals surface area contributed by atoms with Crippen LogP contribution in [-0.4, -0.2) is 22.0 Å². The first-order valence-corrected chi connectivity index (χ1v) is 7.28. The van der Waals surface area contributed by atoms with Gasteiger partial charge < -0.3 is 0 Å². The maximum absolute atomic E-state index is 12.1. The number of nitrogens with one attached hydrogen (secondary N) is 3. The summed E-state index contributed by atoms with van der Waals surface area (Å²) in [4.78, 5) is 23.9. The van der Waals surface area contributed by atoms with E-state index in [0.29, 0.717) is 10.4 Å². The van der Waals surface area contributed by atoms with Crippen molar-refractivity contribution in [2.24, 2.45) is 0 Å². The van der Waals surface area contributed by atoms with Crippen LogP contribution in [0.25, 0.3) is 10.9 Å². The number of carbonyl (C=O) groups is 2. The number of rotatable bonds is 3. The molecule has 1 aromatic heterocycles. The van der Waals surface area contributed by atoms with E-state index < -0.39 is 5.91 Å². The van der Waals surface area contributed by atoms with E-state index in [1.54, 1.807) is 30.3 Å². The van der Waals surface area contributed by atoms with Crippen molar-refractivity contribution < 1.29 is 9.59 Å². The molecule has 3 aromatic rings. The first-order chi connectivity index (χ1) is 11.1. The van der Waals surface area contributed by atoms with Crippen molar-refractivity contribution in [3.05, 3.63) is 64.8 Å².